The van der Waals surface area contributed by atoms with E-state index in [1.807, 2.05) is 36.4 Å². The molecule has 4 aromatic heterocycles. The molecule has 6 aromatic rings. The van der Waals surface area contributed by atoms with E-state index in [0.29, 0.717) is 5.82 Å². The molecule has 0 radical (unpaired) electrons. The Bertz CT molecular complexity index is 1550. The van der Waals surface area contributed by atoms with Crippen molar-refractivity contribution in [2.24, 2.45) is 0 Å². The largest absolute Gasteiger partial charge is 0.264 e. The lowest BCUT2D eigenvalue weighted by Crippen LogP contribution is -1.93. The van der Waals surface area contributed by atoms with Crippen molar-refractivity contribution in [1.82, 2.24) is 24.9 Å². The summed E-state index contributed by atoms with van der Waals surface area (Å²) in [5, 5.41) is 2.11. The minimum atomic E-state index is 0.641. The van der Waals surface area contributed by atoms with E-state index in [4.69, 9.17) is 9.97 Å². The highest BCUT2D eigenvalue weighted by molar-refractivity contribution is 6.04. The summed E-state index contributed by atoms with van der Waals surface area (Å²) in [5.74, 6) is 0.641. The molecule has 32 heavy (non-hydrogen) atoms. The van der Waals surface area contributed by atoms with Gasteiger partial charge in [0, 0.05) is 52.3 Å². The lowest BCUT2D eigenvalue weighted by molar-refractivity contribution is 1.16. The van der Waals surface area contributed by atoms with Crippen LogP contribution in [-0.4, -0.2) is 24.9 Å². The van der Waals surface area contributed by atoms with Gasteiger partial charge in [-0.15, -0.1) is 0 Å². The van der Waals surface area contributed by atoms with Gasteiger partial charge < -0.3 is 0 Å². The van der Waals surface area contributed by atoms with Crippen LogP contribution in [0.3, 0.4) is 0 Å². The number of rotatable bonds is 3. The average molecular weight is 411 g/mol. The van der Waals surface area contributed by atoms with Gasteiger partial charge in [0.15, 0.2) is 5.82 Å². The molecule has 0 N–H and O–H groups in total. The molecule has 0 saturated carbocycles. The van der Waals surface area contributed by atoms with Crippen LogP contribution < -0.4 is 0 Å². The predicted molar refractivity (Wildman–Crippen MR) is 127 cm³/mol. The van der Waals surface area contributed by atoms with Gasteiger partial charge >= 0.3 is 0 Å². The second kappa shape index (κ2) is 7.63. The van der Waals surface area contributed by atoms with Crippen molar-refractivity contribution in [2.45, 2.75) is 0 Å². The molecule has 0 atom stereocenters. The van der Waals surface area contributed by atoms with Crippen molar-refractivity contribution in [2.75, 3.05) is 0 Å². The van der Waals surface area contributed by atoms with E-state index < -0.39 is 0 Å². The predicted octanol–water partition coefficient (Wildman–Crippen LogP) is 5.97. The standard InChI is InChI=1S/C27H17N5/c1-2-5-18(6-3-1)23-12-10-19-8-9-20-11-13-24(32-26(20)25(19)31-23)22-16-29-27(30-17-22)21-7-4-14-28-15-21/h1-17H. The van der Waals surface area contributed by atoms with Crippen LogP contribution in [0, 0.1) is 0 Å². The first-order valence-electron chi connectivity index (χ1n) is 10.3. The van der Waals surface area contributed by atoms with Gasteiger partial charge in [-0.1, -0.05) is 54.6 Å². The minimum absolute atomic E-state index is 0.641. The van der Waals surface area contributed by atoms with Crippen LogP contribution in [0.2, 0.25) is 0 Å². The third kappa shape index (κ3) is 3.26. The first-order valence-corrected chi connectivity index (χ1v) is 10.3. The number of hydrogen-bond acceptors (Lipinski definition) is 5. The Morgan fingerprint density at radius 3 is 1.69 bits per heavy atom. The van der Waals surface area contributed by atoms with Gasteiger partial charge in [0.2, 0.25) is 0 Å². The number of nitrogens with zero attached hydrogens (tertiary/aromatic N) is 5. The Kier molecular flexibility index (Phi) is 4.36. The Morgan fingerprint density at radius 2 is 1.06 bits per heavy atom. The zero-order chi connectivity index (χ0) is 21.3. The Hall–Kier alpha value is -4.51. The number of benzene rings is 2. The molecule has 150 valence electrons. The molecule has 0 aliphatic rings. The van der Waals surface area contributed by atoms with Crippen molar-refractivity contribution >= 4 is 21.8 Å². The lowest BCUT2D eigenvalue weighted by Gasteiger charge is -2.08. The fraction of sp³-hybridized carbons (Fsp3) is 0. The summed E-state index contributed by atoms with van der Waals surface area (Å²) in [6.45, 7) is 0. The Balaban J connectivity index is 1.46. The molecule has 4 heterocycles. The van der Waals surface area contributed by atoms with Crippen molar-refractivity contribution < 1.29 is 0 Å². The van der Waals surface area contributed by atoms with Crippen LogP contribution in [0.4, 0.5) is 0 Å². The summed E-state index contributed by atoms with van der Waals surface area (Å²) in [4.78, 5) is 23.1. The van der Waals surface area contributed by atoms with Crippen molar-refractivity contribution in [3.8, 4) is 33.9 Å². The van der Waals surface area contributed by atoms with Gasteiger partial charge in [0.1, 0.15) is 0 Å². The van der Waals surface area contributed by atoms with Gasteiger partial charge in [-0.3, -0.25) is 4.98 Å². The fourth-order valence-corrected chi connectivity index (χ4v) is 3.80. The molecule has 0 aliphatic heterocycles. The van der Waals surface area contributed by atoms with Crippen LogP contribution in [0.5, 0.6) is 0 Å². The summed E-state index contributed by atoms with van der Waals surface area (Å²) in [6.07, 6.45) is 7.10. The highest BCUT2D eigenvalue weighted by atomic mass is 14.9. The van der Waals surface area contributed by atoms with E-state index in [-0.39, 0.29) is 0 Å². The molecule has 0 bridgehead atoms. The van der Waals surface area contributed by atoms with Crippen molar-refractivity contribution in [1.29, 1.82) is 0 Å². The van der Waals surface area contributed by atoms with Crippen LogP contribution in [-0.2, 0) is 0 Å². The molecule has 0 unspecified atom stereocenters. The van der Waals surface area contributed by atoms with Gasteiger partial charge in [-0.05, 0) is 24.3 Å². The molecule has 0 fully saturated rings. The van der Waals surface area contributed by atoms with Gasteiger partial charge in [-0.25, -0.2) is 19.9 Å². The van der Waals surface area contributed by atoms with E-state index in [9.17, 15) is 0 Å². The van der Waals surface area contributed by atoms with Gasteiger partial charge in [0.05, 0.1) is 22.4 Å². The number of hydrogen-bond donors (Lipinski definition) is 0. The van der Waals surface area contributed by atoms with E-state index in [1.54, 1.807) is 24.8 Å². The molecular weight excluding hydrogens is 394 g/mol. The minimum Gasteiger partial charge on any atom is -0.264 e. The van der Waals surface area contributed by atoms with Crippen molar-refractivity contribution in [3.63, 3.8) is 0 Å². The Morgan fingerprint density at radius 1 is 0.469 bits per heavy atom. The molecule has 5 heteroatoms. The van der Waals surface area contributed by atoms with Crippen LogP contribution >= 0.6 is 0 Å². The molecule has 6 rings (SSSR count). The van der Waals surface area contributed by atoms with E-state index in [0.717, 1.165) is 49.9 Å². The summed E-state index contributed by atoms with van der Waals surface area (Å²) in [7, 11) is 0. The first kappa shape index (κ1) is 18.3. The Labute approximate surface area is 184 Å². The maximum Gasteiger partial charge on any atom is 0.160 e. The molecule has 0 amide bonds. The fourth-order valence-electron chi connectivity index (χ4n) is 3.80. The zero-order valence-electron chi connectivity index (χ0n) is 17.1. The molecule has 0 saturated heterocycles. The summed E-state index contributed by atoms with van der Waals surface area (Å²) in [6, 6.07) is 26.4. The van der Waals surface area contributed by atoms with Gasteiger partial charge in [0.25, 0.3) is 0 Å². The molecular formula is C27H17N5. The molecule has 2 aromatic carbocycles. The van der Waals surface area contributed by atoms with E-state index >= 15 is 0 Å². The number of pyridine rings is 3. The topological polar surface area (TPSA) is 64.5 Å². The quantitative estimate of drug-likeness (QED) is 0.336. The van der Waals surface area contributed by atoms with E-state index in [1.165, 1.54) is 0 Å². The highest BCUT2D eigenvalue weighted by Crippen LogP contribution is 2.28. The van der Waals surface area contributed by atoms with E-state index in [2.05, 4.69) is 57.4 Å². The molecule has 0 spiro atoms. The zero-order valence-corrected chi connectivity index (χ0v) is 17.1. The van der Waals surface area contributed by atoms with Crippen LogP contribution in [0.1, 0.15) is 0 Å². The molecule has 0 aliphatic carbocycles. The van der Waals surface area contributed by atoms with Crippen molar-refractivity contribution in [3.05, 3.63) is 104 Å². The normalized spacial score (nSPS) is 11.1. The van der Waals surface area contributed by atoms with Crippen LogP contribution in [0.25, 0.3) is 55.7 Å². The highest BCUT2D eigenvalue weighted by Gasteiger charge is 2.10. The maximum atomic E-state index is 4.96. The smallest absolute Gasteiger partial charge is 0.160 e. The number of fused-ring (bicyclic) bond motifs is 3. The average Bonchev–Trinajstić information content (AvgIpc) is 2.89. The molecule has 5 nitrogen and oxygen atoms in total. The summed E-state index contributed by atoms with van der Waals surface area (Å²) >= 11 is 0. The third-order valence-corrected chi connectivity index (χ3v) is 5.46. The van der Waals surface area contributed by atoms with Gasteiger partial charge in [-0.2, -0.15) is 0 Å². The summed E-state index contributed by atoms with van der Waals surface area (Å²) < 4.78 is 0. The second-order valence-electron chi connectivity index (χ2n) is 7.51. The second-order valence-corrected chi connectivity index (χ2v) is 7.51. The maximum absolute atomic E-state index is 4.96. The lowest BCUT2D eigenvalue weighted by atomic mass is 10.1. The monoisotopic (exact) mass is 411 g/mol. The first-order chi connectivity index (χ1) is 15.8. The van der Waals surface area contributed by atoms with Crippen LogP contribution in [0.15, 0.2) is 104 Å². The summed E-state index contributed by atoms with van der Waals surface area (Å²) in [5.41, 5.74) is 6.33. The number of aromatic nitrogens is 5. The SMILES string of the molecule is c1ccc(-c2ccc3ccc4ccc(-c5cnc(-c6cccnc6)nc5)nc4c3n2)cc1. The third-order valence-electron chi connectivity index (χ3n) is 5.46.